The molecule has 6 nitrogen and oxygen atoms in total. The van der Waals surface area contributed by atoms with Gasteiger partial charge in [-0.1, -0.05) is 12.1 Å². The van der Waals surface area contributed by atoms with Crippen LogP contribution in [0.4, 0.5) is 0 Å². The number of likely N-dealkylation sites (tertiary alicyclic amines) is 1. The highest BCUT2D eigenvalue weighted by molar-refractivity contribution is 5.80. The summed E-state index contributed by atoms with van der Waals surface area (Å²) >= 11 is 0. The number of hydrogen-bond acceptors (Lipinski definition) is 4. The van der Waals surface area contributed by atoms with Crippen molar-refractivity contribution in [2.24, 2.45) is 11.7 Å². The molecule has 0 saturated carbocycles. The summed E-state index contributed by atoms with van der Waals surface area (Å²) in [4.78, 5) is 25.4. The molecule has 1 aromatic rings. The van der Waals surface area contributed by atoms with Gasteiger partial charge >= 0.3 is 0 Å². The molecule has 2 N–H and O–H groups in total. The van der Waals surface area contributed by atoms with Gasteiger partial charge in [-0.2, -0.15) is 0 Å². The monoisotopic (exact) mass is 346 g/mol. The van der Waals surface area contributed by atoms with E-state index in [4.69, 9.17) is 15.2 Å². The van der Waals surface area contributed by atoms with Crippen LogP contribution in [0.1, 0.15) is 38.7 Å². The largest absolute Gasteiger partial charge is 0.489 e. The zero-order valence-corrected chi connectivity index (χ0v) is 14.9. The van der Waals surface area contributed by atoms with Crippen LogP contribution in [-0.4, -0.2) is 42.0 Å². The molecule has 0 bridgehead atoms. The van der Waals surface area contributed by atoms with E-state index in [1.807, 2.05) is 32.0 Å². The molecule has 0 radical (unpaired) electrons. The van der Waals surface area contributed by atoms with Crippen molar-refractivity contribution in [2.75, 3.05) is 19.7 Å². The molecule has 2 aliphatic heterocycles. The molecule has 0 aliphatic carbocycles. The molecule has 1 saturated heterocycles. The zero-order valence-electron chi connectivity index (χ0n) is 14.9. The van der Waals surface area contributed by atoms with Gasteiger partial charge in [0.25, 0.3) is 0 Å². The van der Waals surface area contributed by atoms with Crippen LogP contribution >= 0.6 is 0 Å². The number of primary amides is 1. The third kappa shape index (κ3) is 4.06. The Morgan fingerprint density at radius 1 is 1.40 bits per heavy atom. The smallest absolute Gasteiger partial charge is 0.226 e. The van der Waals surface area contributed by atoms with E-state index in [-0.39, 0.29) is 36.4 Å². The minimum atomic E-state index is -0.326. The van der Waals surface area contributed by atoms with Crippen LogP contribution in [0.5, 0.6) is 11.5 Å². The minimum absolute atomic E-state index is 0.000209. The first-order valence-corrected chi connectivity index (χ1v) is 8.86. The van der Waals surface area contributed by atoms with Gasteiger partial charge in [0, 0.05) is 25.1 Å². The van der Waals surface area contributed by atoms with Crippen molar-refractivity contribution >= 4 is 11.8 Å². The molecule has 2 aliphatic rings. The molecule has 1 atom stereocenters. The normalized spacial score (nSPS) is 21.4. The fraction of sp³-hybridized carbons (Fsp3) is 0.579. The second-order valence-electron chi connectivity index (χ2n) is 7.46. The van der Waals surface area contributed by atoms with Crippen LogP contribution in [0, 0.1) is 5.92 Å². The Kier molecular flexibility index (Phi) is 4.88. The summed E-state index contributed by atoms with van der Waals surface area (Å²) in [6.45, 7) is 5.49. The molecule has 3 rings (SSSR count). The predicted octanol–water partition coefficient (Wildman–Crippen LogP) is 1.89. The molecule has 1 fully saturated rings. The summed E-state index contributed by atoms with van der Waals surface area (Å²) in [6.07, 6.45) is 2.70. The second kappa shape index (κ2) is 6.94. The number of rotatable bonds is 5. The molecule has 0 aromatic heterocycles. The van der Waals surface area contributed by atoms with Crippen molar-refractivity contribution in [3.05, 3.63) is 23.8 Å². The van der Waals surface area contributed by atoms with Crippen molar-refractivity contribution in [1.29, 1.82) is 0 Å². The Labute approximate surface area is 148 Å². The van der Waals surface area contributed by atoms with Crippen LogP contribution in [-0.2, 0) is 16.0 Å². The van der Waals surface area contributed by atoms with E-state index in [0.29, 0.717) is 18.8 Å². The number of hydrogen-bond donors (Lipinski definition) is 1. The van der Waals surface area contributed by atoms with Crippen molar-refractivity contribution in [3.63, 3.8) is 0 Å². The molecule has 2 amide bonds. The van der Waals surface area contributed by atoms with Crippen LogP contribution in [0.2, 0.25) is 0 Å². The maximum atomic E-state index is 12.4. The van der Waals surface area contributed by atoms with Crippen molar-refractivity contribution < 1.29 is 19.1 Å². The average molecular weight is 346 g/mol. The summed E-state index contributed by atoms with van der Waals surface area (Å²) in [5, 5.41) is 0. The van der Waals surface area contributed by atoms with Gasteiger partial charge in [0.05, 0.1) is 18.9 Å². The third-order valence-electron chi connectivity index (χ3n) is 4.80. The molecule has 25 heavy (non-hydrogen) atoms. The summed E-state index contributed by atoms with van der Waals surface area (Å²) in [7, 11) is 0. The van der Waals surface area contributed by atoms with E-state index in [2.05, 4.69) is 0 Å². The highest BCUT2D eigenvalue weighted by atomic mass is 16.5. The number of piperidine rings is 1. The number of ether oxygens (including phenoxy) is 2. The fourth-order valence-corrected chi connectivity index (χ4v) is 3.54. The number of para-hydroxylation sites is 1. The summed E-state index contributed by atoms with van der Waals surface area (Å²) < 4.78 is 11.8. The first-order valence-electron chi connectivity index (χ1n) is 8.86. The highest BCUT2D eigenvalue weighted by Crippen LogP contribution is 2.41. The predicted molar refractivity (Wildman–Crippen MR) is 93.5 cm³/mol. The molecule has 0 unspecified atom stereocenters. The lowest BCUT2D eigenvalue weighted by atomic mass is 9.97. The van der Waals surface area contributed by atoms with Crippen molar-refractivity contribution in [2.45, 2.75) is 45.1 Å². The Morgan fingerprint density at radius 3 is 2.96 bits per heavy atom. The fourth-order valence-electron chi connectivity index (χ4n) is 3.54. The van der Waals surface area contributed by atoms with E-state index in [0.717, 1.165) is 30.6 Å². The SMILES string of the molecule is CC1(C)Cc2cccc(OCCC(=O)N3CCC[C@@H](C(N)=O)C3)c2O1. The van der Waals surface area contributed by atoms with Gasteiger partial charge in [0.1, 0.15) is 5.60 Å². The van der Waals surface area contributed by atoms with Gasteiger partial charge in [-0.25, -0.2) is 0 Å². The summed E-state index contributed by atoms with van der Waals surface area (Å²) in [5.41, 5.74) is 6.27. The Hall–Kier alpha value is -2.24. The number of fused-ring (bicyclic) bond motifs is 1. The zero-order chi connectivity index (χ0) is 18.0. The van der Waals surface area contributed by atoms with Crippen LogP contribution in [0.25, 0.3) is 0 Å². The maximum absolute atomic E-state index is 12.4. The molecule has 136 valence electrons. The first-order chi connectivity index (χ1) is 11.9. The first kappa shape index (κ1) is 17.6. The number of nitrogens with zero attached hydrogens (tertiary/aromatic N) is 1. The van der Waals surface area contributed by atoms with E-state index in [9.17, 15) is 9.59 Å². The van der Waals surface area contributed by atoms with Crippen LogP contribution < -0.4 is 15.2 Å². The highest BCUT2D eigenvalue weighted by Gasteiger charge is 2.32. The lowest BCUT2D eigenvalue weighted by Gasteiger charge is -2.31. The molecular weight excluding hydrogens is 320 g/mol. The van der Waals surface area contributed by atoms with E-state index in [1.165, 1.54) is 0 Å². The minimum Gasteiger partial charge on any atom is -0.489 e. The Balaban J connectivity index is 1.53. The van der Waals surface area contributed by atoms with Crippen molar-refractivity contribution in [1.82, 2.24) is 4.90 Å². The molecule has 2 heterocycles. The Bertz CT molecular complexity index is 671. The van der Waals surface area contributed by atoms with Crippen molar-refractivity contribution in [3.8, 4) is 11.5 Å². The third-order valence-corrected chi connectivity index (χ3v) is 4.80. The number of carbonyl (C=O) groups is 2. The van der Waals surface area contributed by atoms with Gasteiger partial charge in [0.2, 0.25) is 11.8 Å². The van der Waals surface area contributed by atoms with E-state index >= 15 is 0 Å². The topological polar surface area (TPSA) is 81.9 Å². The lowest BCUT2D eigenvalue weighted by molar-refractivity contribution is -0.135. The number of nitrogens with two attached hydrogens (primary N) is 1. The van der Waals surface area contributed by atoms with Gasteiger partial charge in [-0.3, -0.25) is 9.59 Å². The maximum Gasteiger partial charge on any atom is 0.226 e. The van der Waals surface area contributed by atoms with E-state index < -0.39 is 0 Å². The van der Waals surface area contributed by atoms with Gasteiger partial charge in [0.15, 0.2) is 11.5 Å². The second-order valence-corrected chi connectivity index (χ2v) is 7.46. The summed E-state index contributed by atoms with van der Waals surface area (Å²) in [6, 6.07) is 5.86. The van der Waals surface area contributed by atoms with Gasteiger partial charge in [-0.05, 0) is 32.8 Å². The molecule has 1 aromatic carbocycles. The van der Waals surface area contributed by atoms with Gasteiger partial charge < -0.3 is 20.1 Å². The van der Waals surface area contributed by atoms with Crippen LogP contribution in [0.3, 0.4) is 0 Å². The summed E-state index contributed by atoms with van der Waals surface area (Å²) in [5.74, 6) is 0.913. The number of amides is 2. The quantitative estimate of drug-likeness (QED) is 0.883. The Morgan fingerprint density at radius 2 is 2.20 bits per heavy atom. The standard InChI is InChI=1S/C19H26N2O4/c1-19(2)11-13-5-3-7-15(17(13)25-19)24-10-8-16(22)21-9-4-6-14(12-21)18(20)23/h3,5,7,14H,4,6,8-12H2,1-2H3,(H2,20,23)/t14-/m1/s1. The number of benzene rings is 1. The number of carbonyl (C=O) groups excluding carboxylic acids is 2. The lowest BCUT2D eigenvalue weighted by Crippen LogP contribution is -2.44. The molecule has 0 spiro atoms. The van der Waals surface area contributed by atoms with Gasteiger partial charge in [-0.15, -0.1) is 0 Å². The average Bonchev–Trinajstić information content (AvgIpc) is 2.89. The molecule has 6 heteroatoms. The molecular formula is C19H26N2O4. The van der Waals surface area contributed by atoms with E-state index in [1.54, 1.807) is 4.90 Å². The van der Waals surface area contributed by atoms with Crippen LogP contribution in [0.15, 0.2) is 18.2 Å².